The zero-order valence-corrected chi connectivity index (χ0v) is 22.1. The molecule has 0 spiro atoms. The molecule has 0 radical (unpaired) electrons. The van der Waals surface area contributed by atoms with E-state index >= 15 is 0 Å². The lowest BCUT2D eigenvalue weighted by Gasteiger charge is -2.41. The number of carbonyl (C=O) groups is 1. The fourth-order valence-corrected chi connectivity index (χ4v) is 5.16. The Morgan fingerprint density at radius 2 is 1.92 bits per heavy atom. The minimum absolute atomic E-state index is 0.387. The van der Waals surface area contributed by atoms with E-state index in [0.29, 0.717) is 60.9 Å². The maximum atomic E-state index is 12.4. The molecular weight excluding hydrogens is 508 g/mol. The summed E-state index contributed by atoms with van der Waals surface area (Å²) in [6.45, 7) is 5.14. The Labute approximate surface area is 225 Å². The van der Waals surface area contributed by atoms with Crippen molar-refractivity contribution in [2.24, 2.45) is 0 Å². The van der Waals surface area contributed by atoms with Gasteiger partial charge < -0.3 is 29.6 Å². The van der Waals surface area contributed by atoms with E-state index in [4.69, 9.17) is 26.1 Å². The van der Waals surface area contributed by atoms with Crippen LogP contribution in [-0.2, 0) is 15.1 Å². The van der Waals surface area contributed by atoms with Gasteiger partial charge in [-0.25, -0.2) is 9.78 Å². The number of aromatic amines is 1. The fourth-order valence-electron chi connectivity index (χ4n) is 4.89. The highest BCUT2D eigenvalue weighted by Crippen LogP contribution is 2.37. The van der Waals surface area contributed by atoms with Crippen LogP contribution in [0.2, 0.25) is 5.02 Å². The molecule has 2 atom stereocenters. The number of likely N-dealkylation sites (tertiary alicyclic amines) is 1. The number of aliphatic hydroxyl groups excluding tert-OH is 2. The zero-order valence-electron chi connectivity index (χ0n) is 21.4. The van der Waals surface area contributed by atoms with Gasteiger partial charge in [0, 0.05) is 56.0 Å². The van der Waals surface area contributed by atoms with Gasteiger partial charge in [-0.15, -0.1) is 0 Å². The Kier molecular flexibility index (Phi) is 7.54. The Bertz CT molecular complexity index is 1450. The molecule has 5 rings (SSSR count). The number of aromatic nitrogens is 3. The maximum absolute atomic E-state index is 12.4. The van der Waals surface area contributed by atoms with Gasteiger partial charge in [-0.2, -0.15) is 0 Å². The van der Waals surface area contributed by atoms with Crippen LogP contribution in [0.3, 0.4) is 0 Å². The summed E-state index contributed by atoms with van der Waals surface area (Å²) in [5.41, 5.74) is 2.89. The normalized spacial score (nSPS) is 17.4. The first-order valence-electron chi connectivity index (χ1n) is 12.7. The van der Waals surface area contributed by atoms with E-state index in [1.54, 1.807) is 12.3 Å². The van der Waals surface area contributed by atoms with Gasteiger partial charge in [-0.05, 0) is 38.1 Å². The number of rotatable bonds is 8. The van der Waals surface area contributed by atoms with E-state index in [9.17, 15) is 15.0 Å². The van der Waals surface area contributed by atoms with Crippen molar-refractivity contribution in [3.8, 4) is 5.75 Å². The highest BCUT2D eigenvalue weighted by Gasteiger charge is 2.42. The van der Waals surface area contributed by atoms with Crippen molar-refractivity contribution in [1.82, 2.24) is 19.9 Å². The van der Waals surface area contributed by atoms with Crippen LogP contribution in [0.25, 0.3) is 21.9 Å². The molecule has 2 aromatic heterocycles. The summed E-state index contributed by atoms with van der Waals surface area (Å²) in [4.78, 5) is 27.1. The van der Waals surface area contributed by atoms with Crippen molar-refractivity contribution in [2.75, 3.05) is 19.6 Å². The van der Waals surface area contributed by atoms with E-state index in [2.05, 4.69) is 14.9 Å². The second-order valence-corrected chi connectivity index (χ2v) is 10.3. The van der Waals surface area contributed by atoms with Gasteiger partial charge in [0.2, 0.25) is 0 Å². The number of aliphatic hydroxyl groups is 2. The van der Waals surface area contributed by atoms with Crippen LogP contribution >= 0.6 is 11.6 Å². The van der Waals surface area contributed by atoms with E-state index in [-0.39, 0.29) is 0 Å². The van der Waals surface area contributed by atoms with E-state index in [1.807, 2.05) is 43.3 Å². The molecule has 3 N–H and O–H groups in total. The fraction of sp³-hybridized carbons (Fsp3) is 0.393. The monoisotopic (exact) mass is 538 g/mol. The molecule has 0 amide bonds. The molecule has 9 nitrogen and oxygen atoms in total. The Balaban J connectivity index is 1.23. The molecule has 1 aliphatic rings. The van der Waals surface area contributed by atoms with Crippen LogP contribution in [0.4, 0.5) is 0 Å². The molecule has 1 fully saturated rings. The van der Waals surface area contributed by atoms with E-state index < -0.39 is 24.0 Å². The average Bonchev–Trinajstić information content (AvgIpc) is 3.28. The molecule has 2 aromatic carbocycles. The number of fused-ring (bicyclic) bond motifs is 2. The standard InChI is InChI=1S/C28H31ClN4O5/c1-17-13-19-14-20(15-21(29)26(19)31-17)37-25(35)7-10-33-11-8-28(9-12-33,38-27(36)18(2)34)24-16-30-22-5-3-4-6-23(22)32-24/h3-6,13-16,18,25,31,34-35H,7-12H2,1-2H3. The van der Waals surface area contributed by atoms with Crippen LogP contribution in [0.15, 0.2) is 48.7 Å². The minimum Gasteiger partial charge on any atom is -0.465 e. The summed E-state index contributed by atoms with van der Waals surface area (Å²) in [6.07, 6.45) is 0.753. The molecule has 1 aliphatic heterocycles. The van der Waals surface area contributed by atoms with Crippen molar-refractivity contribution in [3.05, 3.63) is 65.1 Å². The van der Waals surface area contributed by atoms with Gasteiger partial charge in [-0.1, -0.05) is 23.7 Å². The summed E-state index contributed by atoms with van der Waals surface area (Å²) in [6, 6.07) is 13.0. The number of carbonyl (C=O) groups excluding carboxylic acids is 1. The number of halogens is 1. The lowest BCUT2D eigenvalue weighted by molar-refractivity contribution is -0.176. The molecule has 0 bridgehead atoms. The van der Waals surface area contributed by atoms with Gasteiger partial charge >= 0.3 is 5.97 Å². The van der Waals surface area contributed by atoms with Gasteiger partial charge in [0.1, 0.15) is 17.5 Å². The van der Waals surface area contributed by atoms with Gasteiger partial charge in [0.05, 0.1) is 27.8 Å². The van der Waals surface area contributed by atoms with Gasteiger partial charge in [0.15, 0.2) is 11.9 Å². The SMILES string of the molecule is Cc1cc2cc(OC(O)CCN3CCC(OC(=O)C(C)O)(c4cnc5ccccc5n4)CC3)cc(Cl)c2[nH]1. The summed E-state index contributed by atoms with van der Waals surface area (Å²) in [7, 11) is 0. The van der Waals surface area contributed by atoms with Crippen molar-refractivity contribution < 1.29 is 24.5 Å². The first-order valence-corrected chi connectivity index (χ1v) is 13.1. The molecule has 2 unspecified atom stereocenters. The summed E-state index contributed by atoms with van der Waals surface area (Å²) >= 11 is 6.36. The molecule has 3 heterocycles. The number of nitrogens with one attached hydrogen (secondary N) is 1. The minimum atomic E-state index is -1.24. The highest BCUT2D eigenvalue weighted by molar-refractivity contribution is 6.35. The Hall–Kier alpha value is -3.24. The van der Waals surface area contributed by atoms with Crippen LogP contribution in [0.5, 0.6) is 5.75 Å². The second-order valence-electron chi connectivity index (χ2n) is 9.86. The molecule has 0 aliphatic carbocycles. The molecular formula is C28H31ClN4O5. The average molecular weight is 539 g/mol. The molecule has 38 heavy (non-hydrogen) atoms. The van der Waals surface area contributed by atoms with Crippen LogP contribution in [0.1, 0.15) is 37.6 Å². The smallest absolute Gasteiger partial charge is 0.335 e. The first kappa shape index (κ1) is 26.4. The first-order chi connectivity index (χ1) is 18.2. The summed E-state index contributed by atoms with van der Waals surface area (Å²) in [5, 5.41) is 21.8. The number of esters is 1. The third-order valence-corrected chi connectivity index (χ3v) is 7.27. The number of H-pyrrole nitrogens is 1. The molecule has 10 heteroatoms. The number of ether oxygens (including phenoxy) is 2. The number of nitrogens with zero attached hydrogens (tertiary/aromatic N) is 3. The number of hydrogen-bond donors (Lipinski definition) is 3. The number of hydrogen-bond acceptors (Lipinski definition) is 8. The van der Waals surface area contributed by atoms with Crippen LogP contribution < -0.4 is 4.74 Å². The van der Waals surface area contributed by atoms with Crippen LogP contribution in [0, 0.1) is 6.92 Å². The highest BCUT2D eigenvalue weighted by atomic mass is 35.5. The second kappa shape index (κ2) is 10.9. The topological polar surface area (TPSA) is 121 Å². The Morgan fingerprint density at radius 1 is 1.18 bits per heavy atom. The Morgan fingerprint density at radius 3 is 2.66 bits per heavy atom. The summed E-state index contributed by atoms with van der Waals surface area (Å²) in [5.74, 6) is -0.183. The predicted molar refractivity (Wildman–Crippen MR) is 144 cm³/mol. The number of aryl methyl sites for hydroxylation is 1. The molecule has 4 aromatic rings. The van der Waals surface area contributed by atoms with Crippen LogP contribution in [-0.4, -0.2) is 68.1 Å². The predicted octanol–water partition coefficient (Wildman–Crippen LogP) is 4.08. The third kappa shape index (κ3) is 5.61. The quantitative estimate of drug-likeness (QED) is 0.227. The number of benzene rings is 2. The van der Waals surface area contributed by atoms with Crippen molar-refractivity contribution in [1.29, 1.82) is 0 Å². The lowest BCUT2D eigenvalue weighted by atomic mass is 9.87. The van der Waals surface area contributed by atoms with Gasteiger partial charge in [0.25, 0.3) is 0 Å². The van der Waals surface area contributed by atoms with Crippen molar-refractivity contribution in [2.45, 2.75) is 51.1 Å². The molecule has 1 saturated heterocycles. The van der Waals surface area contributed by atoms with Crippen molar-refractivity contribution in [3.63, 3.8) is 0 Å². The lowest BCUT2D eigenvalue weighted by Crippen LogP contribution is -2.47. The number of piperidine rings is 1. The zero-order chi connectivity index (χ0) is 26.9. The largest absolute Gasteiger partial charge is 0.465 e. The van der Waals surface area contributed by atoms with Crippen molar-refractivity contribution >= 4 is 39.5 Å². The third-order valence-electron chi connectivity index (χ3n) is 6.97. The maximum Gasteiger partial charge on any atom is 0.335 e. The van der Waals surface area contributed by atoms with Gasteiger partial charge in [-0.3, -0.25) is 4.98 Å². The van der Waals surface area contributed by atoms with E-state index in [1.165, 1.54) is 6.92 Å². The summed E-state index contributed by atoms with van der Waals surface area (Å²) < 4.78 is 11.6. The number of para-hydroxylation sites is 2. The van der Waals surface area contributed by atoms with E-state index in [0.717, 1.165) is 22.1 Å². The molecule has 0 saturated carbocycles. The molecule has 200 valence electrons.